The summed E-state index contributed by atoms with van der Waals surface area (Å²) < 4.78 is 24.3. The number of ether oxygens (including phenoxy) is 3. The van der Waals surface area contributed by atoms with E-state index in [0.717, 1.165) is 39.7 Å². The molecule has 35 heavy (non-hydrogen) atoms. The number of rotatable bonds is 12. The Hall–Kier alpha value is -2.95. The fourth-order valence-corrected chi connectivity index (χ4v) is 4.99. The lowest BCUT2D eigenvalue weighted by Gasteiger charge is -2.19. The summed E-state index contributed by atoms with van der Waals surface area (Å²) in [7, 11) is 0.432. The second-order valence-corrected chi connectivity index (χ2v) is 16.0. The molecular formula is C25H32N4O4SSi. The summed E-state index contributed by atoms with van der Waals surface area (Å²) >= 11 is 1.53. The molecular weight excluding hydrogens is 480 g/mol. The molecule has 2 aromatic heterocycles. The summed E-state index contributed by atoms with van der Waals surface area (Å²) in [4.78, 5) is 6.64. The molecule has 2 aromatic carbocycles. The summed E-state index contributed by atoms with van der Waals surface area (Å²) in [5.74, 6) is 1.96. The van der Waals surface area contributed by atoms with Crippen molar-refractivity contribution in [2.45, 2.75) is 39.0 Å². The fourth-order valence-electron chi connectivity index (χ4n) is 3.27. The molecule has 8 nitrogen and oxygen atoms in total. The van der Waals surface area contributed by atoms with E-state index < -0.39 is 8.07 Å². The Bertz CT molecular complexity index is 1240. The average Bonchev–Trinajstić information content (AvgIpc) is 3.50. The molecule has 4 aromatic rings. The maximum absolute atomic E-state index is 6.08. The third-order valence-corrected chi connectivity index (χ3v) is 8.01. The Morgan fingerprint density at radius 2 is 1.83 bits per heavy atom. The second kappa shape index (κ2) is 11.2. The topological polar surface area (TPSA) is 82.7 Å². The van der Waals surface area contributed by atoms with Crippen molar-refractivity contribution in [2.24, 2.45) is 0 Å². The van der Waals surface area contributed by atoms with Gasteiger partial charge in [0.15, 0.2) is 5.13 Å². The summed E-state index contributed by atoms with van der Waals surface area (Å²) in [6.07, 6.45) is 0.961. The molecule has 0 atom stereocenters. The van der Waals surface area contributed by atoms with Crippen molar-refractivity contribution >= 4 is 40.8 Å². The predicted molar refractivity (Wildman–Crippen MR) is 143 cm³/mol. The van der Waals surface area contributed by atoms with E-state index in [1.807, 2.05) is 47.4 Å². The van der Waals surface area contributed by atoms with Crippen LogP contribution >= 0.6 is 11.3 Å². The predicted octanol–water partition coefficient (Wildman–Crippen LogP) is 6.59. The molecule has 186 valence electrons. The molecule has 0 saturated heterocycles. The fraction of sp³-hybridized carbons (Fsp3) is 0.400. The van der Waals surface area contributed by atoms with Crippen molar-refractivity contribution in [2.75, 3.05) is 32.0 Å². The van der Waals surface area contributed by atoms with E-state index in [4.69, 9.17) is 23.6 Å². The first kappa shape index (κ1) is 25.1. The van der Waals surface area contributed by atoms with Crippen molar-refractivity contribution in [3.8, 4) is 23.0 Å². The molecule has 0 spiro atoms. The molecule has 0 unspecified atom stereocenters. The minimum absolute atomic E-state index is 0.262. The van der Waals surface area contributed by atoms with Crippen LogP contribution < -0.4 is 14.4 Å². The van der Waals surface area contributed by atoms with Gasteiger partial charge in [0.1, 0.15) is 23.7 Å². The third-order valence-electron chi connectivity index (χ3n) is 5.26. The summed E-state index contributed by atoms with van der Waals surface area (Å²) in [6.45, 7) is 10.7. The standard InChI is InChI=1S/C25H32N4O4SSi/c1-6-14-32-19-12-10-18(11-13-19)23-27-28-24(33-23)29(17-31-15-16-35(3,4)5)25-26-22-20(30-2)8-7-9-21(22)34-25/h7-13H,6,14-17H2,1-5H3. The highest BCUT2D eigenvalue weighted by Gasteiger charge is 2.23. The summed E-state index contributed by atoms with van der Waals surface area (Å²) in [5, 5.41) is 9.31. The van der Waals surface area contributed by atoms with Gasteiger partial charge in [-0.15, -0.1) is 5.10 Å². The van der Waals surface area contributed by atoms with Crippen molar-refractivity contribution in [3.63, 3.8) is 0 Å². The zero-order chi connectivity index (χ0) is 24.8. The zero-order valence-electron chi connectivity index (χ0n) is 20.9. The lowest BCUT2D eigenvalue weighted by molar-refractivity contribution is 0.150. The van der Waals surface area contributed by atoms with Crippen molar-refractivity contribution in [3.05, 3.63) is 42.5 Å². The lowest BCUT2D eigenvalue weighted by atomic mass is 10.2. The smallest absolute Gasteiger partial charge is 0.326 e. The number of hydrogen-bond donors (Lipinski definition) is 0. The van der Waals surface area contributed by atoms with Crippen LogP contribution in [-0.4, -0.2) is 50.3 Å². The molecule has 0 amide bonds. The highest BCUT2D eigenvalue weighted by Crippen LogP contribution is 2.37. The number of aromatic nitrogens is 3. The quantitative estimate of drug-likeness (QED) is 0.119. The van der Waals surface area contributed by atoms with Gasteiger partial charge in [-0.2, -0.15) is 0 Å². The average molecular weight is 513 g/mol. The van der Waals surface area contributed by atoms with Crippen LogP contribution in [0.15, 0.2) is 46.9 Å². The SMILES string of the molecule is CCCOc1ccc(-c2nnc(N(COCC[Si](C)(C)C)c3nc4c(OC)cccc4s3)o2)cc1. The minimum atomic E-state index is -1.21. The molecule has 0 aliphatic heterocycles. The van der Waals surface area contributed by atoms with Gasteiger partial charge in [0.25, 0.3) is 0 Å². The number of fused-ring (bicyclic) bond motifs is 1. The van der Waals surface area contributed by atoms with Gasteiger partial charge in [-0.25, -0.2) is 9.88 Å². The molecule has 0 radical (unpaired) electrons. The first-order valence-electron chi connectivity index (χ1n) is 11.7. The van der Waals surface area contributed by atoms with E-state index in [9.17, 15) is 0 Å². The second-order valence-electron chi connectivity index (χ2n) is 9.34. The molecule has 0 saturated carbocycles. The van der Waals surface area contributed by atoms with Crippen LogP contribution in [0.1, 0.15) is 13.3 Å². The normalized spacial score (nSPS) is 11.7. The van der Waals surface area contributed by atoms with E-state index in [1.54, 1.807) is 7.11 Å². The van der Waals surface area contributed by atoms with E-state index in [2.05, 4.69) is 36.8 Å². The van der Waals surface area contributed by atoms with Crippen molar-refractivity contribution < 1.29 is 18.6 Å². The van der Waals surface area contributed by atoms with Crippen LogP contribution in [0.3, 0.4) is 0 Å². The summed E-state index contributed by atoms with van der Waals surface area (Å²) in [5.41, 5.74) is 1.61. The van der Waals surface area contributed by atoms with Gasteiger partial charge in [0.05, 0.1) is 18.4 Å². The van der Waals surface area contributed by atoms with Crippen LogP contribution in [0.5, 0.6) is 11.5 Å². The zero-order valence-corrected chi connectivity index (χ0v) is 22.7. The van der Waals surface area contributed by atoms with E-state index in [-0.39, 0.29) is 6.73 Å². The van der Waals surface area contributed by atoms with Crippen LogP contribution in [0.2, 0.25) is 25.7 Å². The van der Waals surface area contributed by atoms with Crippen LogP contribution in [-0.2, 0) is 4.74 Å². The molecule has 2 heterocycles. The Labute approximate surface area is 210 Å². The van der Waals surface area contributed by atoms with Gasteiger partial charge in [0.2, 0.25) is 5.89 Å². The van der Waals surface area contributed by atoms with E-state index in [1.165, 1.54) is 11.3 Å². The number of nitrogens with zero attached hydrogens (tertiary/aromatic N) is 4. The first-order chi connectivity index (χ1) is 16.9. The molecule has 0 aliphatic carbocycles. The Morgan fingerprint density at radius 1 is 1.03 bits per heavy atom. The van der Waals surface area contributed by atoms with Crippen LogP contribution in [0.4, 0.5) is 11.1 Å². The first-order valence-corrected chi connectivity index (χ1v) is 16.3. The van der Waals surface area contributed by atoms with Crippen molar-refractivity contribution in [1.82, 2.24) is 15.2 Å². The molecule has 4 rings (SSSR count). The molecule has 0 bridgehead atoms. The molecule has 0 aliphatic rings. The van der Waals surface area contributed by atoms with E-state index >= 15 is 0 Å². The number of para-hydroxylation sites is 1. The van der Waals surface area contributed by atoms with Gasteiger partial charge in [-0.05, 0) is 48.9 Å². The largest absolute Gasteiger partial charge is 0.494 e. The maximum Gasteiger partial charge on any atom is 0.326 e. The van der Waals surface area contributed by atoms with Gasteiger partial charge in [0, 0.05) is 20.2 Å². The highest BCUT2D eigenvalue weighted by atomic mass is 32.1. The number of methoxy groups -OCH3 is 1. The minimum Gasteiger partial charge on any atom is -0.494 e. The van der Waals surface area contributed by atoms with Crippen LogP contribution in [0, 0.1) is 0 Å². The molecule has 10 heteroatoms. The monoisotopic (exact) mass is 512 g/mol. The van der Waals surface area contributed by atoms with Crippen molar-refractivity contribution in [1.29, 1.82) is 0 Å². The lowest BCUT2D eigenvalue weighted by Crippen LogP contribution is -2.25. The van der Waals surface area contributed by atoms with Gasteiger partial charge < -0.3 is 18.6 Å². The van der Waals surface area contributed by atoms with Gasteiger partial charge >= 0.3 is 6.01 Å². The highest BCUT2D eigenvalue weighted by molar-refractivity contribution is 7.22. The number of benzene rings is 2. The molecule has 0 N–H and O–H groups in total. The number of hydrogen-bond acceptors (Lipinski definition) is 9. The number of anilines is 2. The summed E-state index contributed by atoms with van der Waals surface area (Å²) in [6, 6.07) is 14.9. The molecule has 0 fully saturated rings. The maximum atomic E-state index is 6.08. The van der Waals surface area contributed by atoms with Gasteiger partial charge in [-0.1, -0.05) is 49.1 Å². The van der Waals surface area contributed by atoms with Crippen LogP contribution in [0.25, 0.3) is 21.7 Å². The Kier molecular flexibility index (Phi) is 8.04. The Morgan fingerprint density at radius 3 is 2.54 bits per heavy atom. The Balaban J connectivity index is 1.60. The van der Waals surface area contributed by atoms with Gasteiger partial charge in [-0.3, -0.25) is 0 Å². The third kappa shape index (κ3) is 6.39. The van der Waals surface area contributed by atoms with E-state index in [0.29, 0.717) is 30.3 Å². The number of thiazole rings is 1.